The van der Waals surface area contributed by atoms with Crippen molar-refractivity contribution in [3.63, 3.8) is 0 Å². The van der Waals surface area contributed by atoms with Gasteiger partial charge in [0.25, 0.3) is 0 Å². The SMILES string of the molecule is CCc1nn(C)c(CC2(C(=O)O)CCOC2C2CC2)c1Cl. The fraction of sp³-hybridized carbons (Fsp3) is 0.733. The number of aromatic nitrogens is 2. The summed E-state index contributed by atoms with van der Waals surface area (Å²) < 4.78 is 7.52. The topological polar surface area (TPSA) is 64.4 Å². The molecule has 1 aromatic heterocycles. The van der Waals surface area contributed by atoms with Crippen molar-refractivity contribution < 1.29 is 14.6 Å². The Morgan fingerprint density at radius 2 is 2.29 bits per heavy atom. The molecule has 0 aromatic carbocycles. The van der Waals surface area contributed by atoms with E-state index in [4.69, 9.17) is 16.3 Å². The maximum absolute atomic E-state index is 12.0. The Morgan fingerprint density at radius 3 is 2.81 bits per heavy atom. The first-order valence-electron chi connectivity index (χ1n) is 7.55. The number of hydrogen-bond acceptors (Lipinski definition) is 3. The van der Waals surface area contributed by atoms with Crippen LogP contribution in [0.4, 0.5) is 0 Å². The number of hydrogen-bond donors (Lipinski definition) is 1. The van der Waals surface area contributed by atoms with E-state index in [0.29, 0.717) is 30.4 Å². The third-order valence-corrected chi connectivity index (χ3v) is 5.29. The summed E-state index contributed by atoms with van der Waals surface area (Å²) in [4.78, 5) is 12.0. The lowest BCUT2D eigenvalue weighted by atomic mass is 9.75. The Hall–Kier alpha value is -1.07. The van der Waals surface area contributed by atoms with Crippen molar-refractivity contribution in [2.24, 2.45) is 18.4 Å². The monoisotopic (exact) mass is 312 g/mol. The van der Waals surface area contributed by atoms with Gasteiger partial charge in [-0.15, -0.1) is 0 Å². The first-order valence-corrected chi connectivity index (χ1v) is 7.92. The fourth-order valence-corrected chi connectivity index (χ4v) is 3.82. The summed E-state index contributed by atoms with van der Waals surface area (Å²) in [5.74, 6) is -0.381. The average molecular weight is 313 g/mol. The molecule has 1 aliphatic heterocycles. The van der Waals surface area contributed by atoms with Crippen molar-refractivity contribution in [3.8, 4) is 0 Å². The molecule has 0 radical (unpaired) electrons. The van der Waals surface area contributed by atoms with Crippen molar-refractivity contribution in [1.82, 2.24) is 9.78 Å². The van der Waals surface area contributed by atoms with E-state index >= 15 is 0 Å². The number of ether oxygens (including phenoxy) is 1. The summed E-state index contributed by atoms with van der Waals surface area (Å²) in [6.45, 7) is 2.51. The zero-order chi connectivity index (χ0) is 15.2. The van der Waals surface area contributed by atoms with Gasteiger partial charge in [-0.05, 0) is 31.6 Å². The molecule has 2 heterocycles. The van der Waals surface area contributed by atoms with E-state index < -0.39 is 11.4 Å². The zero-order valence-electron chi connectivity index (χ0n) is 12.4. The minimum absolute atomic E-state index is 0.189. The summed E-state index contributed by atoms with van der Waals surface area (Å²) in [7, 11) is 1.83. The molecular formula is C15H21ClN2O3. The number of aryl methyl sites for hydroxylation is 2. The van der Waals surface area contributed by atoms with E-state index in [1.807, 2.05) is 14.0 Å². The summed E-state index contributed by atoms with van der Waals surface area (Å²) in [6.07, 6.45) is 3.64. The van der Waals surface area contributed by atoms with Gasteiger partial charge in [-0.2, -0.15) is 5.10 Å². The number of carboxylic acid groups (broad SMARTS) is 1. The molecule has 0 spiro atoms. The molecule has 2 atom stereocenters. The van der Waals surface area contributed by atoms with Crippen LogP contribution in [0.3, 0.4) is 0 Å². The highest BCUT2D eigenvalue weighted by molar-refractivity contribution is 6.31. The summed E-state index contributed by atoms with van der Waals surface area (Å²) in [5, 5.41) is 14.9. The molecule has 5 nitrogen and oxygen atoms in total. The van der Waals surface area contributed by atoms with E-state index in [1.54, 1.807) is 4.68 Å². The molecular weight excluding hydrogens is 292 g/mol. The standard InChI is InChI=1S/C15H21ClN2O3/c1-3-10-12(16)11(18(2)17-10)8-15(14(19)20)6-7-21-13(15)9-4-5-9/h9,13H,3-8H2,1-2H3,(H,19,20). The van der Waals surface area contributed by atoms with Crippen molar-refractivity contribution in [3.05, 3.63) is 16.4 Å². The predicted octanol–water partition coefficient (Wildman–Crippen LogP) is 2.45. The van der Waals surface area contributed by atoms with Gasteiger partial charge in [0.1, 0.15) is 5.41 Å². The maximum atomic E-state index is 12.0. The molecule has 116 valence electrons. The van der Waals surface area contributed by atoms with Crippen LogP contribution in [-0.2, 0) is 29.4 Å². The molecule has 21 heavy (non-hydrogen) atoms. The first-order chi connectivity index (χ1) is 9.99. The largest absolute Gasteiger partial charge is 0.481 e. The third-order valence-electron chi connectivity index (χ3n) is 4.85. The third kappa shape index (κ3) is 2.36. The highest BCUT2D eigenvalue weighted by atomic mass is 35.5. The van der Waals surface area contributed by atoms with Crippen LogP contribution < -0.4 is 0 Å². The van der Waals surface area contributed by atoms with E-state index in [9.17, 15) is 9.90 Å². The lowest BCUT2D eigenvalue weighted by Gasteiger charge is -2.30. The minimum atomic E-state index is -0.858. The van der Waals surface area contributed by atoms with Gasteiger partial charge >= 0.3 is 5.97 Å². The second-order valence-electron chi connectivity index (χ2n) is 6.20. The summed E-state index contributed by atoms with van der Waals surface area (Å²) in [6, 6.07) is 0. The van der Waals surface area contributed by atoms with Gasteiger partial charge in [-0.25, -0.2) is 0 Å². The van der Waals surface area contributed by atoms with Crippen molar-refractivity contribution in [2.45, 2.75) is 45.1 Å². The van der Waals surface area contributed by atoms with Gasteiger partial charge in [0.05, 0.1) is 22.5 Å². The lowest BCUT2D eigenvalue weighted by Crippen LogP contribution is -2.42. The van der Waals surface area contributed by atoms with Gasteiger partial charge in [0.15, 0.2) is 0 Å². The van der Waals surface area contributed by atoms with Crippen molar-refractivity contribution in [1.29, 1.82) is 0 Å². The Bertz CT molecular complexity index is 568. The van der Waals surface area contributed by atoms with Crippen LogP contribution in [-0.4, -0.2) is 33.6 Å². The molecule has 0 amide bonds. The predicted molar refractivity (Wildman–Crippen MR) is 78.4 cm³/mol. The molecule has 2 aliphatic rings. The highest BCUT2D eigenvalue weighted by Gasteiger charge is 2.56. The van der Waals surface area contributed by atoms with Crippen LogP contribution in [0.15, 0.2) is 0 Å². The van der Waals surface area contributed by atoms with Crippen LogP contribution in [0.5, 0.6) is 0 Å². The second kappa shape index (κ2) is 5.29. The minimum Gasteiger partial charge on any atom is -0.481 e. The second-order valence-corrected chi connectivity index (χ2v) is 6.58. The molecule has 0 bridgehead atoms. The van der Waals surface area contributed by atoms with Crippen LogP contribution in [0.1, 0.15) is 37.6 Å². The Kier molecular flexibility index (Phi) is 3.74. The van der Waals surface area contributed by atoms with Crippen LogP contribution in [0.25, 0.3) is 0 Å². The normalized spacial score (nSPS) is 29.0. The van der Waals surface area contributed by atoms with Crippen LogP contribution in [0.2, 0.25) is 5.02 Å². The van der Waals surface area contributed by atoms with E-state index in [0.717, 1.165) is 30.7 Å². The molecule has 6 heteroatoms. The van der Waals surface area contributed by atoms with Crippen LogP contribution >= 0.6 is 11.6 Å². The average Bonchev–Trinajstić information content (AvgIpc) is 3.15. The first kappa shape index (κ1) is 14.9. The van der Waals surface area contributed by atoms with Gasteiger partial charge in [-0.1, -0.05) is 18.5 Å². The maximum Gasteiger partial charge on any atom is 0.312 e. The molecule has 3 rings (SSSR count). The molecule has 1 aliphatic carbocycles. The zero-order valence-corrected chi connectivity index (χ0v) is 13.2. The van der Waals surface area contributed by atoms with Gasteiger partial charge in [-0.3, -0.25) is 9.48 Å². The van der Waals surface area contributed by atoms with E-state index in [-0.39, 0.29) is 6.10 Å². The van der Waals surface area contributed by atoms with E-state index in [1.165, 1.54) is 0 Å². The molecule has 1 saturated carbocycles. The Labute approximate surface area is 129 Å². The number of aliphatic carboxylic acids is 1. The van der Waals surface area contributed by atoms with Gasteiger partial charge in [0.2, 0.25) is 0 Å². The molecule has 1 aromatic rings. The number of halogens is 1. The van der Waals surface area contributed by atoms with Crippen LogP contribution in [0, 0.1) is 11.3 Å². The van der Waals surface area contributed by atoms with Crippen molar-refractivity contribution >= 4 is 17.6 Å². The van der Waals surface area contributed by atoms with E-state index in [2.05, 4.69) is 5.10 Å². The molecule has 2 fully saturated rings. The number of nitrogens with zero attached hydrogens (tertiary/aromatic N) is 2. The Morgan fingerprint density at radius 1 is 1.57 bits per heavy atom. The number of rotatable bonds is 5. The molecule has 1 N–H and O–H groups in total. The quantitative estimate of drug-likeness (QED) is 0.907. The Balaban J connectivity index is 1.96. The summed E-state index contributed by atoms with van der Waals surface area (Å²) >= 11 is 6.40. The number of carboxylic acids is 1. The van der Waals surface area contributed by atoms with Crippen molar-refractivity contribution in [2.75, 3.05) is 6.61 Å². The molecule has 1 saturated heterocycles. The highest BCUT2D eigenvalue weighted by Crippen LogP contribution is 2.50. The lowest BCUT2D eigenvalue weighted by molar-refractivity contribution is -0.153. The fourth-order valence-electron chi connectivity index (χ4n) is 3.46. The van der Waals surface area contributed by atoms with Gasteiger partial charge in [0, 0.05) is 20.1 Å². The van der Waals surface area contributed by atoms with Gasteiger partial charge < -0.3 is 9.84 Å². The molecule has 2 unspecified atom stereocenters. The summed E-state index contributed by atoms with van der Waals surface area (Å²) in [5.41, 5.74) is 0.785. The number of carbonyl (C=O) groups is 1. The smallest absolute Gasteiger partial charge is 0.312 e.